The number of halogens is 3. The monoisotopic (exact) mass is 268 g/mol. The number of alkyl halides is 3. The molecule has 1 N–H and O–H groups in total. The zero-order chi connectivity index (χ0) is 13.6. The van der Waals surface area contributed by atoms with Gasteiger partial charge in [0, 0.05) is 25.2 Å². The molecule has 2 atom stereocenters. The van der Waals surface area contributed by atoms with Crippen LogP contribution in [-0.2, 0) is 4.74 Å². The van der Waals surface area contributed by atoms with Gasteiger partial charge in [-0.15, -0.1) is 0 Å². The van der Waals surface area contributed by atoms with Gasteiger partial charge >= 0.3 is 6.18 Å². The molecule has 108 valence electrons. The minimum absolute atomic E-state index is 0.139. The van der Waals surface area contributed by atoms with Crippen molar-refractivity contribution >= 4 is 0 Å². The minimum atomic E-state index is -4.22. The first kappa shape index (κ1) is 15.7. The summed E-state index contributed by atoms with van der Waals surface area (Å²) in [5.74, 6) is 0. The van der Waals surface area contributed by atoms with Crippen LogP contribution in [-0.4, -0.2) is 56.0 Å². The van der Waals surface area contributed by atoms with Crippen LogP contribution in [0.25, 0.3) is 0 Å². The maximum atomic E-state index is 11.9. The van der Waals surface area contributed by atoms with Crippen LogP contribution in [0, 0.1) is 0 Å². The second-order valence-corrected chi connectivity index (χ2v) is 4.86. The van der Waals surface area contributed by atoms with E-state index in [0.29, 0.717) is 18.6 Å². The summed E-state index contributed by atoms with van der Waals surface area (Å²) in [4.78, 5) is 2.21. The Bertz CT molecular complexity index is 236. The summed E-state index contributed by atoms with van der Waals surface area (Å²) in [6.45, 7) is 5.64. The lowest BCUT2D eigenvalue weighted by molar-refractivity contribution is -0.174. The molecular weight excluding hydrogens is 245 g/mol. The van der Waals surface area contributed by atoms with Crippen LogP contribution >= 0.6 is 0 Å². The molecule has 0 bridgehead atoms. The topological polar surface area (TPSA) is 24.5 Å². The van der Waals surface area contributed by atoms with Crippen molar-refractivity contribution in [2.45, 2.75) is 44.9 Å². The molecule has 1 saturated heterocycles. The highest BCUT2D eigenvalue weighted by Gasteiger charge is 2.28. The van der Waals surface area contributed by atoms with Crippen LogP contribution in [0.2, 0.25) is 0 Å². The molecule has 0 aromatic heterocycles. The van der Waals surface area contributed by atoms with Crippen molar-refractivity contribution in [3.63, 3.8) is 0 Å². The zero-order valence-electron chi connectivity index (χ0n) is 11.1. The van der Waals surface area contributed by atoms with Crippen LogP contribution in [0.5, 0.6) is 0 Å². The van der Waals surface area contributed by atoms with Crippen molar-refractivity contribution < 1.29 is 17.9 Å². The Hall–Kier alpha value is -0.330. The molecule has 0 saturated carbocycles. The maximum Gasteiger partial charge on any atom is 0.411 e. The first-order valence-corrected chi connectivity index (χ1v) is 6.54. The van der Waals surface area contributed by atoms with Crippen molar-refractivity contribution in [2.24, 2.45) is 0 Å². The van der Waals surface area contributed by atoms with Gasteiger partial charge in [-0.2, -0.15) is 13.2 Å². The van der Waals surface area contributed by atoms with E-state index in [-0.39, 0.29) is 6.61 Å². The van der Waals surface area contributed by atoms with Gasteiger partial charge < -0.3 is 10.1 Å². The van der Waals surface area contributed by atoms with E-state index < -0.39 is 12.8 Å². The summed E-state index contributed by atoms with van der Waals surface area (Å²) in [5, 5.41) is 3.44. The predicted octanol–water partition coefficient (Wildman–Crippen LogP) is 2.03. The van der Waals surface area contributed by atoms with E-state index >= 15 is 0 Å². The summed E-state index contributed by atoms with van der Waals surface area (Å²) in [5.41, 5.74) is 0. The highest BCUT2D eigenvalue weighted by molar-refractivity contribution is 4.80. The van der Waals surface area contributed by atoms with Crippen molar-refractivity contribution in [1.82, 2.24) is 10.2 Å². The largest absolute Gasteiger partial charge is 0.411 e. The summed E-state index contributed by atoms with van der Waals surface area (Å²) in [6.07, 6.45) is -2.17. The fraction of sp³-hybridized carbons (Fsp3) is 1.00. The zero-order valence-corrected chi connectivity index (χ0v) is 11.1. The van der Waals surface area contributed by atoms with Gasteiger partial charge in [-0.05, 0) is 26.3 Å². The normalized spacial score (nSPS) is 27.2. The molecule has 18 heavy (non-hydrogen) atoms. The van der Waals surface area contributed by atoms with E-state index in [1.165, 1.54) is 0 Å². The lowest BCUT2D eigenvalue weighted by Gasteiger charge is -2.28. The molecule has 1 aliphatic heterocycles. The van der Waals surface area contributed by atoms with Crippen molar-refractivity contribution in [3.05, 3.63) is 0 Å². The number of nitrogens with one attached hydrogen (secondary N) is 1. The number of nitrogens with zero attached hydrogens (tertiary/aromatic N) is 1. The van der Waals surface area contributed by atoms with Gasteiger partial charge in [-0.3, -0.25) is 4.90 Å². The molecule has 6 heteroatoms. The van der Waals surface area contributed by atoms with E-state index in [4.69, 9.17) is 0 Å². The van der Waals surface area contributed by atoms with Crippen LogP contribution in [0.3, 0.4) is 0 Å². The fourth-order valence-electron chi connectivity index (χ4n) is 2.16. The molecular formula is C12H23F3N2O. The Morgan fingerprint density at radius 2 is 2.11 bits per heavy atom. The standard InChI is InChI=1S/C12H23F3N2O/c1-3-11-8-17(10(2)4-5-16-11)6-7-18-9-12(13,14)15/h10-11,16H,3-9H2,1-2H3. The van der Waals surface area contributed by atoms with Crippen molar-refractivity contribution in [1.29, 1.82) is 0 Å². The van der Waals surface area contributed by atoms with E-state index in [1.807, 2.05) is 0 Å². The molecule has 3 nitrogen and oxygen atoms in total. The minimum Gasteiger partial charge on any atom is -0.371 e. The van der Waals surface area contributed by atoms with Gasteiger partial charge in [-0.25, -0.2) is 0 Å². The maximum absolute atomic E-state index is 11.9. The summed E-state index contributed by atoms with van der Waals surface area (Å²) in [7, 11) is 0. The van der Waals surface area contributed by atoms with Crippen LogP contribution in [0.1, 0.15) is 26.7 Å². The third kappa shape index (κ3) is 6.02. The van der Waals surface area contributed by atoms with Crippen molar-refractivity contribution in [3.8, 4) is 0 Å². The summed E-state index contributed by atoms with van der Waals surface area (Å²) < 4.78 is 40.5. The second-order valence-electron chi connectivity index (χ2n) is 4.86. The molecule has 1 fully saturated rings. The average Bonchev–Trinajstić information content (AvgIpc) is 2.46. The third-order valence-corrected chi connectivity index (χ3v) is 3.35. The van der Waals surface area contributed by atoms with E-state index in [0.717, 1.165) is 25.9 Å². The predicted molar refractivity (Wildman–Crippen MR) is 64.6 cm³/mol. The lowest BCUT2D eigenvalue weighted by Crippen LogP contribution is -2.41. The molecule has 0 aliphatic carbocycles. The molecule has 1 rings (SSSR count). The molecule has 0 spiro atoms. The Morgan fingerprint density at radius 1 is 1.39 bits per heavy atom. The van der Waals surface area contributed by atoms with E-state index in [1.54, 1.807) is 0 Å². The van der Waals surface area contributed by atoms with E-state index in [2.05, 4.69) is 28.8 Å². The SMILES string of the molecule is CCC1CN(CCOCC(F)(F)F)C(C)CCN1. The average molecular weight is 268 g/mol. The fourth-order valence-corrected chi connectivity index (χ4v) is 2.16. The second kappa shape index (κ2) is 7.31. The van der Waals surface area contributed by atoms with Gasteiger partial charge in [0.05, 0.1) is 6.61 Å². The number of ether oxygens (including phenoxy) is 1. The van der Waals surface area contributed by atoms with Gasteiger partial charge in [0.25, 0.3) is 0 Å². The molecule has 0 aromatic rings. The summed E-state index contributed by atoms with van der Waals surface area (Å²) in [6, 6.07) is 0.820. The molecule has 0 radical (unpaired) electrons. The van der Waals surface area contributed by atoms with E-state index in [9.17, 15) is 13.2 Å². The first-order chi connectivity index (χ1) is 8.42. The van der Waals surface area contributed by atoms with Gasteiger partial charge in [-0.1, -0.05) is 6.92 Å². The Kier molecular flexibility index (Phi) is 6.38. The smallest absolute Gasteiger partial charge is 0.371 e. The Labute approximate surface area is 107 Å². The van der Waals surface area contributed by atoms with Crippen molar-refractivity contribution in [2.75, 3.05) is 32.8 Å². The first-order valence-electron chi connectivity index (χ1n) is 6.54. The third-order valence-electron chi connectivity index (χ3n) is 3.35. The number of hydrogen-bond donors (Lipinski definition) is 1. The van der Waals surface area contributed by atoms with Gasteiger partial charge in [0.1, 0.15) is 6.61 Å². The van der Waals surface area contributed by atoms with Gasteiger partial charge in [0.2, 0.25) is 0 Å². The molecule has 0 aromatic carbocycles. The highest BCUT2D eigenvalue weighted by Crippen LogP contribution is 2.15. The molecule has 0 amide bonds. The summed E-state index contributed by atoms with van der Waals surface area (Å²) >= 11 is 0. The molecule has 1 aliphatic rings. The van der Waals surface area contributed by atoms with Gasteiger partial charge in [0.15, 0.2) is 0 Å². The Morgan fingerprint density at radius 3 is 2.72 bits per heavy atom. The highest BCUT2D eigenvalue weighted by atomic mass is 19.4. The molecule has 1 heterocycles. The van der Waals surface area contributed by atoms with Crippen LogP contribution in [0.4, 0.5) is 13.2 Å². The number of rotatable bonds is 5. The van der Waals surface area contributed by atoms with Crippen LogP contribution in [0.15, 0.2) is 0 Å². The van der Waals surface area contributed by atoms with Crippen LogP contribution < -0.4 is 5.32 Å². The lowest BCUT2D eigenvalue weighted by atomic mass is 10.2. The number of hydrogen-bond acceptors (Lipinski definition) is 3. The Balaban J connectivity index is 2.29. The molecule has 2 unspecified atom stereocenters. The quantitative estimate of drug-likeness (QED) is 0.772.